The summed E-state index contributed by atoms with van der Waals surface area (Å²) in [5, 5.41) is 0. The third-order valence-corrected chi connectivity index (χ3v) is 4.59. The topological polar surface area (TPSA) is 17.1 Å². The van der Waals surface area contributed by atoms with Gasteiger partial charge in [-0.15, -0.1) is 0 Å². The van der Waals surface area contributed by atoms with Gasteiger partial charge in [0.05, 0.1) is 0 Å². The van der Waals surface area contributed by atoms with Crippen LogP contribution in [0, 0.1) is 17.3 Å². The van der Waals surface area contributed by atoms with Crippen molar-refractivity contribution in [1.29, 1.82) is 0 Å². The van der Waals surface area contributed by atoms with Gasteiger partial charge < -0.3 is 4.79 Å². The zero-order chi connectivity index (χ0) is 18.5. The first-order valence-corrected chi connectivity index (χ1v) is 9.88. The zero-order valence-electron chi connectivity index (χ0n) is 18.3. The van der Waals surface area contributed by atoms with E-state index in [-0.39, 0.29) is 70.8 Å². The van der Waals surface area contributed by atoms with Crippen molar-refractivity contribution >= 4 is 5.78 Å². The molecule has 0 saturated heterocycles. The van der Waals surface area contributed by atoms with Crippen LogP contribution < -0.4 is 0 Å². The molecule has 0 aliphatic carbocycles. The minimum absolute atomic E-state index is 0. The molecular formula is C23H41OY2-. The van der Waals surface area contributed by atoms with Crippen molar-refractivity contribution in [2.45, 2.75) is 99.3 Å². The summed E-state index contributed by atoms with van der Waals surface area (Å²) < 4.78 is 0. The summed E-state index contributed by atoms with van der Waals surface area (Å²) in [6.07, 6.45) is 21.7. The van der Waals surface area contributed by atoms with E-state index in [9.17, 15) is 4.79 Å². The monoisotopic (exact) mass is 511 g/mol. The van der Waals surface area contributed by atoms with Crippen LogP contribution in [0.2, 0.25) is 0 Å². The first kappa shape index (κ1) is 31.9. The van der Waals surface area contributed by atoms with Crippen LogP contribution in [0.3, 0.4) is 0 Å². The molecule has 0 aromatic rings. The van der Waals surface area contributed by atoms with Gasteiger partial charge >= 0.3 is 0 Å². The molecule has 26 heavy (non-hydrogen) atoms. The second-order valence-electron chi connectivity index (χ2n) is 8.61. The summed E-state index contributed by atoms with van der Waals surface area (Å²) in [7, 11) is 0. The molecule has 0 spiro atoms. The van der Waals surface area contributed by atoms with E-state index in [1.54, 1.807) is 6.92 Å². The van der Waals surface area contributed by atoms with Gasteiger partial charge in [0.1, 0.15) is 5.78 Å². The number of hydrogen-bond acceptors (Lipinski definition) is 1. The second-order valence-corrected chi connectivity index (χ2v) is 8.61. The van der Waals surface area contributed by atoms with E-state index in [1.807, 2.05) is 0 Å². The van der Waals surface area contributed by atoms with Crippen molar-refractivity contribution in [2.75, 3.05) is 0 Å². The van der Waals surface area contributed by atoms with Gasteiger partial charge in [0.2, 0.25) is 0 Å². The number of unbranched alkanes of at least 4 members (excludes halogenated alkanes) is 4. The molecule has 2 radical (unpaired) electrons. The third kappa shape index (κ3) is 21.5. The minimum atomic E-state index is 0. The molecular weight excluding hydrogens is 470 g/mol. The molecule has 0 aliphatic rings. The summed E-state index contributed by atoms with van der Waals surface area (Å²) >= 11 is 0. The number of allylic oxidation sites excluding steroid dienone is 4. The van der Waals surface area contributed by atoms with Gasteiger partial charge in [-0.05, 0) is 13.3 Å². The largest absolute Gasteiger partial charge is 0.300 e. The Bertz CT molecular complexity index is 395. The first-order chi connectivity index (χ1) is 11.2. The number of carbonyl (C=O) groups excluding carboxylic acids is 1. The smallest absolute Gasteiger partial charge is 0.129 e. The van der Waals surface area contributed by atoms with E-state index in [4.69, 9.17) is 0 Å². The van der Waals surface area contributed by atoms with Crippen LogP contribution in [0.15, 0.2) is 24.3 Å². The molecule has 0 aliphatic heterocycles. The Kier molecular flexibility index (Phi) is 22.4. The van der Waals surface area contributed by atoms with Crippen LogP contribution in [0.25, 0.3) is 0 Å². The van der Waals surface area contributed by atoms with Crippen LogP contribution in [0.5, 0.6) is 0 Å². The summed E-state index contributed by atoms with van der Waals surface area (Å²) in [6, 6.07) is 0. The third-order valence-electron chi connectivity index (χ3n) is 4.59. The van der Waals surface area contributed by atoms with Gasteiger partial charge in [-0.3, -0.25) is 0 Å². The Morgan fingerprint density at radius 2 is 1.27 bits per heavy atom. The van der Waals surface area contributed by atoms with Gasteiger partial charge in [0.25, 0.3) is 0 Å². The fourth-order valence-corrected chi connectivity index (χ4v) is 2.80. The normalized spacial score (nSPS) is 12.1. The Labute approximate surface area is 214 Å². The van der Waals surface area contributed by atoms with Crippen molar-refractivity contribution in [3.63, 3.8) is 0 Å². The van der Waals surface area contributed by atoms with Gasteiger partial charge in [-0.2, -0.15) is 30.7 Å². The summed E-state index contributed by atoms with van der Waals surface area (Å²) in [5.41, 5.74) is 0.554. The van der Waals surface area contributed by atoms with E-state index in [1.165, 1.54) is 44.9 Å². The summed E-state index contributed by atoms with van der Waals surface area (Å²) in [6.45, 7) is 13.2. The predicted molar refractivity (Wildman–Crippen MR) is 108 cm³/mol. The molecule has 0 bridgehead atoms. The number of ketones is 1. The van der Waals surface area contributed by atoms with Crippen molar-refractivity contribution in [2.24, 2.45) is 10.8 Å². The summed E-state index contributed by atoms with van der Waals surface area (Å²) in [5.74, 6) is 0.319. The van der Waals surface area contributed by atoms with E-state index in [2.05, 4.69) is 65.3 Å². The van der Waals surface area contributed by atoms with Crippen LogP contribution >= 0.6 is 0 Å². The number of carbonyl (C=O) groups is 1. The van der Waals surface area contributed by atoms with Gasteiger partial charge in [0.15, 0.2) is 0 Å². The molecule has 0 fully saturated rings. The zero-order valence-corrected chi connectivity index (χ0v) is 24.0. The van der Waals surface area contributed by atoms with Crippen molar-refractivity contribution in [3.8, 4) is 0 Å². The predicted octanol–water partition coefficient (Wildman–Crippen LogP) is 7.47. The van der Waals surface area contributed by atoms with Crippen LogP contribution in [-0.2, 0) is 70.2 Å². The molecule has 0 rings (SSSR count). The molecule has 0 aromatic heterocycles. The van der Waals surface area contributed by atoms with E-state index in [0.29, 0.717) is 11.2 Å². The van der Waals surface area contributed by atoms with Gasteiger partial charge in [0, 0.05) is 71.8 Å². The SMILES string of the molecule is CCCCC(C)(C)/C=C\[CH-]/C=C\C(C)(C)CCCCCCC(C)=O.[Y].[Y]. The average Bonchev–Trinajstić information content (AvgIpc) is 2.48. The van der Waals surface area contributed by atoms with E-state index >= 15 is 0 Å². The quantitative estimate of drug-likeness (QED) is 0.175. The Morgan fingerprint density at radius 1 is 0.808 bits per heavy atom. The second kappa shape index (κ2) is 18.3. The Morgan fingerprint density at radius 3 is 1.73 bits per heavy atom. The molecule has 0 aromatic carbocycles. The Balaban J connectivity index is -0.00000264. The fraction of sp³-hybridized carbons (Fsp3) is 0.739. The molecule has 1 nitrogen and oxygen atoms in total. The van der Waals surface area contributed by atoms with Crippen LogP contribution in [0.1, 0.15) is 99.3 Å². The van der Waals surface area contributed by atoms with Crippen molar-refractivity contribution in [3.05, 3.63) is 30.7 Å². The molecule has 0 amide bonds. The standard InChI is InChI=1S/C23H41O.2Y/c1-7-8-17-22(3,4)19-14-11-15-20-23(5,6)18-13-10-9-12-16-21(2)24;;/h11,14-15,19-20H,7-10,12-13,16-18H2,1-6H3;;/q-1;;/b19-14-,20-15-;;. The van der Waals surface area contributed by atoms with Crippen molar-refractivity contribution < 1.29 is 70.2 Å². The average molecular weight is 511 g/mol. The van der Waals surface area contributed by atoms with Gasteiger partial charge in [-0.25, -0.2) is 0 Å². The van der Waals surface area contributed by atoms with E-state index in [0.717, 1.165) is 12.8 Å². The molecule has 146 valence electrons. The number of rotatable bonds is 14. The maximum atomic E-state index is 10.9. The fourth-order valence-electron chi connectivity index (χ4n) is 2.80. The molecule has 0 N–H and O–H groups in total. The molecule has 0 saturated carbocycles. The first-order valence-electron chi connectivity index (χ1n) is 9.88. The molecule has 0 heterocycles. The van der Waals surface area contributed by atoms with Gasteiger partial charge in [-0.1, -0.05) is 90.4 Å². The molecule has 0 unspecified atom stereocenters. The number of hydrogen-bond donors (Lipinski definition) is 0. The Hall–Kier alpha value is 1.23. The van der Waals surface area contributed by atoms with Crippen LogP contribution in [-0.4, -0.2) is 5.78 Å². The number of Topliss-reactive ketones (excluding diaryl/α,β-unsaturated/α-hetero) is 1. The minimum Gasteiger partial charge on any atom is -0.300 e. The molecule has 3 heteroatoms. The van der Waals surface area contributed by atoms with Crippen LogP contribution in [0.4, 0.5) is 0 Å². The van der Waals surface area contributed by atoms with E-state index < -0.39 is 0 Å². The maximum Gasteiger partial charge on any atom is 0.129 e. The molecule has 0 atom stereocenters. The van der Waals surface area contributed by atoms with Crippen molar-refractivity contribution in [1.82, 2.24) is 0 Å². The maximum absolute atomic E-state index is 10.9. The summed E-state index contributed by atoms with van der Waals surface area (Å²) in [4.78, 5) is 10.9.